The standard InChI is InChI=1S/C7H5ClF9/c8-3-1-2-4(9,10)5(11,12)6(13,14)7(15,16)17/h3H,1-2H2. The van der Waals surface area contributed by atoms with E-state index in [0.29, 0.717) is 5.88 Å². The highest BCUT2D eigenvalue weighted by atomic mass is 35.5. The molecule has 0 saturated carbocycles. The molecule has 0 aromatic rings. The molecule has 0 bridgehead atoms. The average Bonchev–Trinajstić information content (AvgIpc) is 2.12. The van der Waals surface area contributed by atoms with Gasteiger partial charge in [0.1, 0.15) is 0 Å². The third-order valence-corrected chi connectivity index (χ3v) is 2.00. The zero-order valence-electron chi connectivity index (χ0n) is 7.77. The molecule has 0 aliphatic heterocycles. The van der Waals surface area contributed by atoms with E-state index in [1.807, 2.05) is 0 Å². The lowest BCUT2D eigenvalue weighted by Gasteiger charge is -2.33. The minimum absolute atomic E-state index is 0.426. The molecule has 0 nitrogen and oxygen atoms in total. The summed E-state index contributed by atoms with van der Waals surface area (Å²) in [5.74, 6) is -18.5. The molecular formula is C7H5ClF9. The summed E-state index contributed by atoms with van der Waals surface area (Å²) in [6.07, 6.45) is -9.64. The molecule has 10 heteroatoms. The molecular weight excluding hydrogens is 291 g/mol. The van der Waals surface area contributed by atoms with Crippen LogP contribution in [0.2, 0.25) is 0 Å². The van der Waals surface area contributed by atoms with Gasteiger partial charge in [0.2, 0.25) is 0 Å². The Bertz CT molecular complexity index is 257. The molecule has 0 spiro atoms. The molecule has 0 fully saturated rings. The first kappa shape index (κ1) is 16.7. The zero-order valence-corrected chi connectivity index (χ0v) is 8.53. The highest BCUT2D eigenvalue weighted by Crippen LogP contribution is 2.54. The van der Waals surface area contributed by atoms with Crippen molar-refractivity contribution in [1.29, 1.82) is 0 Å². The third kappa shape index (κ3) is 2.92. The molecule has 0 aliphatic carbocycles. The first-order valence-corrected chi connectivity index (χ1v) is 4.37. The predicted molar refractivity (Wildman–Crippen MR) is 40.3 cm³/mol. The van der Waals surface area contributed by atoms with Crippen LogP contribution in [0.15, 0.2) is 0 Å². The molecule has 0 aromatic carbocycles. The van der Waals surface area contributed by atoms with Gasteiger partial charge in [-0.25, -0.2) is 0 Å². The van der Waals surface area contributed by atoms with E-state index < -0.39 is 36.8 Å². The van der Waals surface area contributed by atoms with Gasteiger partial charge < -0.3 is 0 Å². The molecule has 103 valence electrons. The van der Waals surface area contributed by atoms with Crippen LogP contribution >= 0.6 is 11.6 Å². The topological polar surface area (TPSA) is 0 Å². The Morgan fingerprint density at radius 2 is 1.18 bits per heavy atom. The Kier molecular flexibility index (Phi) is 4.64. The summed E-state index contributed by atoms with van der Waals surface area (Å²) in [5.41, 5.74) is 0. The molecule has 0 aromatic heterocycles. The summed E-state index contributed by atoms with van der Waals surface area (Å²) < 4.78 is 109. The lowest BCUT2D eigenvalue weighted by molar-refractivity contribution is -0.396. The SMILES string of the molecule is FC(F)(F)C(F)(F)C(F)(F)C(F)(F)CC[CH]Cl. The van der Waals surface area contributed by atoms with Crippen molar-refractivity contribution in [2.45, 2.75) is 36.8 Å². The third-order valence-electron chi connectivity index (χ3n) is 1.78. The molecule has 0 rings (SSSR count). The largest absolute Gasteiger partial charge is 0.460 e. The Morgan fingerprint density at radius 3 is 1.47 bits per heavy atom. The molecule has 0 aliphatic rings. The minimum Gasteiger partial charge on any atom is -0.200 e. The minimum atomic E-state index is -6.82. The van der Waals surface area contributed by atoms with Crippen LogP contribution in [0.4, 0.5) is 39.5 Å². The molecule has 0 heterocycles. The number of rotatable bonds is 5. The normalized spacial score (nSPS) is 15.2. The molecule has 0 saturated heterocycles. The molecule has 0 N–H and O–H groups in total. The van der Waals surface area contributed by atoms with E-state index in [-0.39, 0.29) is 0 Å². The van der Waals surface area contributed by atoms with Crippen LogP contribution < -0.4 is 0 Å². The van der Waals surface area contributed by atoms with Gasteiger partial charge >= 0.3 is 23.9 Å². The maximum atomic E-state index is 12.6. The average molecular weight is 296 g/mol. The van der Waals surface area contributed by atoms with Crippen LogP contribution in [-0.2, 0) is 0 Å². The van der Waals surface area contributed by atoms with Gasteiger partial charge in [-0.15, -0.1) is 11.6 Å². The molecule has 0 atom stereocenters. The van der Waals surface area contributed by atoms with E-state index >= 15 is 0 Å². The number of hydrogen-bond acceptors (Lipinski definition) is 0. The lowest BCUT2D eigenvalue weighted by atomic mass is 10.00. The van der Waals surface area contributed by atoms with Gasteiger partial charge in [-0.2, -0.15) is 39.5 Å². The van der Waals surface area contributed by atoms with Gasteiger partial charge in [0, 0.05) is 6.42 Å². The highest BCUT2D eigenvalue weighted by molar-refractivity contribution is 6.23. The van der Waals surface area contributed by atoms with Crippen molar-refractivity contribution >= 4 is 11.6 Å². The quantitative estimate of drug-likeness (QED) is 0.648. The van der Waals surface area contributed by atoms with Crippen molar-refractivity contribution in [2.24, 2.45) is 0 Å². The van der Waals surface area contributed by atoms with Crippen molar-refractivity contribution in [3.8, 4) is 0 Å². The van der Waals surface area contributed by atoms with E-state index in [1.165, 1.54) is 0 Å². The maximum absolute atomic E-state index is 12.6. The van der Waals surface area contributed by atoms with Crippen LogP contribution in [0.25, 0.3) is 0 Å². The Hall–Kier alpha value is -0.340. The first-order valence-electron chi connectivity index (χ1n) is 3.93. The Morgan fingerprint density at radius 1 is 0.765 bits per heavy atom. The molecule has 0 amide bonds. The number of alkyl halides is 9. The lowest BCUT2D eigenvalue weighted by Crippen LogP contribution is -2.60. The van der Waals surface area contributed by atoms with Crippen LogP contribution in [-0.4, -0.2) is 23.9 Å². The van der Waals surface area contributed by atoms with E-state index in [2.05, 4.69) is 0 Å². The first-order chi connectivity index (χ1) is 7.31. The summed E-state index contributed by atoms with van der Waals surface area (Å²) in [6, 6.07) is 0. The van der Waals surface area contributed by atoms with Gasteiger partial charge in [-0.1, -0.05) is 0 Å². The van der Waals surface area contributed by atoms with Gasteiger partial charge in [0.05, 0.1) is 5.88 Å². The number of hydrogen-bond donors (Lipinski definition) is 0. The van der Waals surface area contributed by atoms with Crippen molar-refractivity contribution in [1.82, 2.24) is 0 Å². The molecule has 1 radical (unpaired) electrons. The Labute approximate surface area is 94.7 Å². The van der Waals surface area contributed by atoms with E-state index in [1.54, 1.807) is 0 Å². The van der Waals surface area contributed by atoms with Crippen molar-refractivity contribution in [2.75, 3.05) is 0 Å². The summed E-state index contributed by atoms with van der Waals surface area (Å²) in [6.45, 7) is 0. The van der Waals surface area contributed by atoms with Gasteiger partial charge in [0.25, 0.3) is 0 Å². The van der Waals surface area contributed by atoms with Gasteiger partial charge in [-0.05, 0) is 6.42 Å². The molecule has 0 unspecified atom stereocenters. The van der Waals surface area contributed by atoms with Crippen molar-refractivity contribution < 1.29 is 39.5 Å². The van der Waals surface area contributed by atoms with Crippen LogP contribution in [0.1, 0.15) is 12.8 Å². The Balaban J connectivity index is 5.24. The second-order valence-electron chi connectivity index (χ2n) is 3.04. The summed E-state index contributed by atoms with van der Waals surface area (Å²) >= 11 is 4.75. The highest BCUT2D eigenvalue weighted by Gasteiger charge is 2.81. The molecule has 17 heavy (non-hydrogen) atoms. The van der Waals surface area contributed by atoms with E-state index in [0.717, 1.165) is 0 Å². The second-order valence-corrected chi connectivity index (χ2v) is 3.35. The predicted octanol–water partition coefficient (Wildman–Crippen LogP) is 4.64. The van der Waals surface area contributed by atoms with Crippen molar-refractivity contribution in [3.63, 3.8) is 0 Å². The van der Waals surface area contributed by atoms with Crippen LogP contribution in [0, 0.1) is 5.88 Å². The second kappa shape index (κ2) is 4.74. The maximum Gasteiger partial charge on any atom is 0.460 e. The fourth-order valence-corrected chi connectivity index (χ4v) is 0.910. The number of halogens is 10. The van der Waals surface area contributed by atoms with Gasteiger partial charge in [-0.3, -0.25) is 0 Å². The van der Waals surface area contributed by atoms with Gasteiger partial charge in [0.15, 0.2) is 0 Å². The monoisotopic (exact) mass is 295 g/mol. The smallest absolute Gasteiger partial charge is 0.200 e. The summed E-state index contributed by atoms with van der Waals surface area (Å²) in [5, 5.41) is 0. The van der Waals surface area contributed by atoms with E-state index in [4.69, 9.17) is 11.6 Å². The zero-order chi connectivity index (χ0) is 14.1. The summed E-state index contributed by atoms with van der Waals surface area (Å²) in [7, 11) is 0. The fourth-order valence-electron chi connectivity index (χ4n) is 0.801. The summed E-state index contributed by atoms with van der Waals surface area (Å²) in [4.78, 5) is 0. The van der Waals surface area contributed by atoms with Crippen LogP contribution in [0.5, 0.6) is 0 Å². The van der Waals surface area contributed by atoms with Crippen LogP contribution in [0.3, 0.4) is 0 Å². The van der Waals surface area contributed by atoms with E-state index in [9.17, 15) is 39.5 Å². The fraction of sp³-hybridized carbons (Fsp3) is 0.857. The van der Waals surface area contributed by atoms with Crippen molar-refractivity contribution in [3.05, 3.63) is 5.88 Å².